The lowest BCUT2D eigenvalue weighted by atomic mass is 10.2. The molecular formula is C11H15NO3. The molecule has 0 saturated heterocycles. The highest BCUT2D eigenvalue weighted by atomic mass is 16.5. The zero-order valence-corrected chi connectivity index (χ0v) is 9.15. The van der Waals surface area contributed by atoms with Crippen LogP contribution in [0.1, 0.15) is 12.5 Å². The molecule has 0 aliphatic heterocycles. The van der Waals surface area contributed by atoms with Gasteiger partial charge in [0.1, 0.15) is 0 Å². The molecule has 0 aromatic heterocycles. The van der Waals surface area contributed by atoms with E-state index in [1.54, 1.807) is 6.07 Å². The van der Waals surface area contributed by atoms with Gasteiger partial charge >= 0.3 is 5.97 Å². The molecule has 0 unspecified atom stereocenters. The van der Waals surface area contributed by atoms with E-state index < -0.39 is 5.97 Å². The molecular weight excluding hydrogens is 194 g/mol. The Morgan fingerprint density at radius 3 is 2.67 bits per heavy atom. The largest absolute Gasteiger partial charge is 0.504 e. The summed E-state index contributed by atoms with van der Waals surface area (Å²) in [7, 11) is 3.81. The molecule has 0 fully saturated rings. The van der Waals surface area contributed by atoms with Crippen molar-refractivity contribution in [2.24, 2.45) is 0 Å². The predicted octanol–water partition coefficient (Wildman–Crippen LogP) is 1.38. The van der Waals surface area contributed by atoms with E-state index in [0.717, 1.165) is 5.56 Å². The first-order valence-electron chi connectivity index (χ1n) is 4.64. The van der Waals surface area contributed by atoms with Gasteiger partial charge in [-0.1, -0.05) is 12.1 Å². The van der Waals surface area contributed by atoms with E-state index in [4.69, 9.17) is 4.74 Å². The van der Waals surface area contributed by atoms with E-state index in [-0.39, 0.29) is 11.5 Å². The van der Waals surface area contributed by atoms with Crippen LogP contribution in [0.15, 0.2) is 18.2 Å². The van der Waals surface area contributed by atoms with Gasteiger partial charge in [0.15, 0.2) is 11.5 Å². The van der Waals surface area contributed by atoms with Crippen LogP contribution in [0, 0.1) is 0 Å². The maximum Gasteiger partial charge on any atom is 0.308 e. The first-order valence-corrected chi connectivity index (χ1v) is 4.64. The van der Waals surface area contributed by atoms with Crippen LogP contribution in [-0.2, 0) is 11.3 Å². The number of hydrogen-bond acceptors (Lipinski definition) is 4. The van der Waals surface area contributed by atoms with Gasteiger partial charge < -0.3 is 14.7 Å². The number of ether oxygens (including phenoxy) is 1. The third-order valence-corrected chi connectivity index (χ3v) is 1.81. The maximum absolute atomic E-state index is 10.9. The summed E-state index contributed by atoms with van der Waals surface area (Å²) in [5, 5.41) is 9.56. The molecule has 1 aromatic carbocycles. The van der Waals surface area contributed by atoms with Crippen LogP contribution in [0.3, 0.4) is 0 Å². The second-order valence-corrected chi connectivity index (χ2v) is 3.60. The molecule has 0 amide bonds. The van der Waals surface area contributed by atoms with Gasteiger partial charge in [-0.3, -0.25) is 4.79 Å². The van der Waals surface area contributed by atoms with Gasteiger partial charge in [-0.05, 0) is 20.2 Å². The van der Waals surface area contributed by atoms with Crippen LogP contribution >= 0.6 is 0 Å². The predicted molar refractivity (Wildman–Crippen MR) is 56.8 cm³/mol. The Morgan fingerprint density at radius 1 is 1.47 bits per heavy atom. The highest BCUT2D eigenvalue weighted by Gasteiger charge is 2.11. The van der Waals surface area contributed by atoms with Crippen molar-refractivity contribution < 1.29 is 14.6 Å². The molecule has 1 aromatic rings. The van der Waals surface area contributed by atoms with Crippen LogP contribution in [0.5, 0.6) is 11.5 Å². The summed E-state index contributed by atoms with van der Waals surface area (Å²) in [6.45, 7) is 1.92. The van der Waals surface area contributed by atoms with Crippen LogP contribution < -0.4 is 4.74 Å². The minimum Gasteiger partial charge on any atom is -0.504 e. The molecule has 4 heteroatoms. The van der Waals surface area contributed by atoms with Crippen molar-refractivity contribution in [1.29, 1.82) is 0 Å². The van der Waals surface area contributed by atoms with Crippen molar-refractivity contribution in [3.63, 3.8) is 0 Å². The minimum atomic E-state index is -0.434. The number of nitrogens with zero attached hydrogens (tertiary/aromatic N) is 1. The monoisotopic (exact) mass is 209 g/mol. The summed E-state index contributed by atoms with van der Waals surface area (Å²) in [5.74, 6) is -0.195. The summed E-state index contributed by atoms with van der Waals surface area (Å²) in [4.78, 5) is 12.8. The average molecular weight is 209 g/mol. The highest BCUT2D eigenvalue weighted by Crippen LogP contribution is 2.30. The van der Waals surface area contributed by atoms with Crippen molar-refractivity contribution in [2.75, 3.05) is 14.1 Å². The lowest BCUT2D eigenvalue weighted by molar-refractivity contribution is -0.132. The van der Waals surface area contributed by atoms with Crippen molar-refractivity contribution >= 4 is 5.97 Å². The zero-order valence-electron chi connectivity index (χ0n) is 9.15. The Kier molecular flexibility index (Phi) is 3.68. The molecule has 1 N–H and O–H groups in total. The fraction of sp³-hybridized carbons (Fsp3) is 0.364. The number of aromatic hydroxyl groups is 1. The molecule has 0 aliphatic rings. The van der Waals surface area contributed by atoms with E-state index in [1.165, 1.54) is 13.0 Å². The van der Waals surface area contributed by atoms with Crippen LogP contribution in [0.4, 0.5) is 0 Å². The molecule has 0 bridgehead atoms. The Morgan fingerprint density at radius 2 is 2.13 bits per heavy atom. The minimum absolute atomic E-state index is 0.00968. The van der Waals surface area contributed by atoms with E-state index >= 15 is 0 Å². The topological polar surface area (TPSA) is 49.8 Å². The fourth-order valence-electron chi connectivity index (χ4n) is 1.30. The van der Waals surface area contributed by atoms with E-state index in [1.807, 2.05) is 25.1 Å². The second-order valence-electron chi connectivity index (χ2n) is 3.60. The Bertz CT molecular complexity index is 361. The summed E-state index contributed by atoms with van der Waals surface area (Å²) < 4.78 is 4.96. The maximum atomic E-state index is 10.9. The summed E-state index contributed by atoms with van der Waals surface area (Å²) in [6, 6.07) is 5.04. The number of esters is 1. The number of carbonyl (C=O) groups is 1. The van der Waals surface area contributed by atoms with Gasteiger partial charge in [-0.25, -0.2) is 0 Å². The number of para-hydroxylation sites is 1. The van der Waals surface area contributed by atoms with Crippen molar-refractivity contribution in [1.82, 2.24) is 4.90 Å². The van der Waals surface area contributed by atoms with Crippen LogP contribution in [0.25, 0.3) is 0 Å². The van der Waals surface area contributed by atoms with Crippen molar-refractivity contribution in [3.8, 4) is 11.5 Å². The number of benzene rings is 1. The van der Waals surface area contributed by atoms with Gasteiger partial charge in [0.05, 0.1) is 0 Å². The standard InChI is InChI=1S/C11H15NO3/c1-8(13)15-11-9(7-12(2)3)5-4-6-10(11)14/h4-6,14H,7H2,1-3H3. The number of hydrogen-bond donors (Lipinski definition) is 1. The molecule has 15 heavy (non-hydrogen) atoms. The van der Waals surface area contributed by atoms with Gasteiger partial charge in [0.25, 0.3) is 0 Å². The third kappa shape index (κ3) is 3.25. The Balaban J connectivity index is 3.02. The van der Waals surface area contributed by atoms with Crippen molar-refractivity contribution in [2.45, 2.75) is 13.5 Å². The first-order chi connectivity index (χ1) is 7.00. The Hall–Kier alpha value is -1.55. The Labute approximate surface area is 89.1 Å². The SMILES string of the molecule is CC(=O)Oc1c(O)cccc1CN(C)C. The van der Waals surface area contributed by atoms with Gasteiger partial charge in [-0.15, -0.1) is 0 Å². The van der Waals surface area contributed by atoms with E-state index in [9.17, 15) is 9.90 Å². The molecule has 0 atom stereocenters. The normalized spacial score (nSPS) is 10.4. The number of phenolic OH excluding ortho intramolecular Hbond substituents is 1. The quantitative estimate of drug-likeness (QED) is 0.603. The molecule has 1 rings (SSSR count). The molecule has 0 spiro atoms. The second kappa shape index (κ2) is 4.79. The highest BCUT2D eigenvalue weighted by molar-refractivity contribution is 5.71. The molecule has 4 nitrogen and oxygen atoms in total. The van der Waals surface area contributed by atoms with Crippen LogP contribution in [-0.4, -0.2) is 30.1 Å². The van der Waals surface area contributed by atoms with E-state index in [0.29, 0.717) is 6.54 Å². The molecule has 82 valence electrons. The van der Waals surface area contributed by atoms with Crippen LogP contribution in [0.2, 0.25) is 0 Å². The average Bonchev–Trinajstić information content (AvgIpc) is 2.09. The van der Waals surface area contributed by atoms with Gasteiger partial charge in [0.2, 0.25) is 0 Å². The summed E-state index contributed by atoms with van der Waals surface area (Å²) in [6.07, 6.45) is 0. The molecule has 0 saturated carbocycles. The molecule has 0 aliphatic carbocycles. The zero-order chi connectivity index (χ0) is 11.4. The van der Waals surface area contributed by atoms with E-state index in [2.05, 4.69) is 0 Å². The fourth-order valence-corrected chi connectivity index (χ4v) is 1.30. The summed E-state index contributed by atoms with van der Waals surface area (Å²) >= 11 is 0. The lowest BCUT2D eigenvalue weighted by Crippen LogP contribution is -2.13. The lowest BCUT2D eigenvalue weighted by Gasteiger charge is -2.14. The molecule has 0 radical (unpaired) electrons. The molecule has 0 heterocycles. The van der Waals surface area contributed by atoms with Gasteiger partial charge in [0, 0.05) is 19.0 Å². The first kappa shape index (κ1) is 11.5. The smallest absolute Gasteiger partial charge is 0.308 e. The third-order valence-electron chi connectivity index (χ3n) is 1.81. The summed E-state index contributed by atoms with van der Waals surface area (Å²) in [5.41, 5.74) is 0.787. The number of phenols is 1. The number of rotatable bonds is 3. The number of carbonyl (C=O) groups excluding carboxylic acids is 1. The van der Waals surface area contributed by atoms with Gasteiger partial charge in [-0.2, -0.15) is 0 Å². The van der Waals surface area contributed by atoms with Crippen molar-refractivity contribution in [3.05, 3.63) is 23.8 Å².